The van der Waals surface area contributed by atoms with Crippen molar-refractivity contribution in [2.24, 2.45) is 11.8 Å². The molecular weight excluding hydrogens is 232 g/mol. The molecule has 1 aliphatic carbocycles. The molecule has 1 fully saturated rings. The maximum Gasteiger partial charge on any atom is 0.0103 e. The molecule has 1 rings (SSSR count). The van der Waals surface area contributed by atoms with Crippen LogP contribution in [0.5, 0.6) is 0 Å². The van der Waals surface area contributed by atoms with E-state index in [0.29, 0.717) is 0 Å². The minimum absolute atomic E-state index is 0.759. The van der Waals surface area contributed by atoms with Crippen LogP contribution in [0.3, 0.4) is 0 Å². The molecule has 2 heteroatoms. The van der Waals surface area contributed by atoms with Crippen LogP contribution in [0.4, 0.5) is 0 Å². The average molecular weight is 240 g/mol. The Hall–Kier alpha value is 0.700. The van der Waals surface area contributed by atoms with Gasteiger partial charge in [0.2, 0.25) is 0 Å². The first-order valence-electron chi connectivity index (χ1n) is 2.62. The van der Waals surface area contributed by atoms with Gasteiger partial charge in [0.1, 0.15) is 0 Å². The normalized spacial score (nSPS) is 35.5. The first kappa shape index (κ1) is 6.81. The van der Waals surface area contributed by atoms with Crippen LogP contribution >= 0.6 is 31.9 Å². The van der Waals surface area contributed by atoms with E-state index in [9.17, 15) is 0 Å². The monoisotopic (exact) mass is 238 g/mol. The largest absolute Gasteiger partial charge is 0.0992 e. The second-order valence-corrected chi connectivity index (χ2v) is 3.39. The fourth-order valence-corrected chi connectivity index (χ4v) is 2.59. The number of allylic oxidation sites excluding steroid dienone is 1. The molecular formula is C6H8Br2. The van der Waals surface area contributed by atoms with E-state index in [4.69, 9.17) is 0 Å². The van der Waals surface area contributed by atoms with Crippen molar-refractivity contribution in [1.29, 1.82) is 0 Å². The average Bonchev–Trinajstić information content (AvgIpc) is 2.40. The Morgan fingerprint density at radius 2 is 1.62 bits per heavy atom. The summed E-state index contributed by atoms with van der Waals surface area (Å²) in [6.45, 7) is 3.91. The standard InChI is InChI=1S/C6H8Br2/c1-4-5(2-7)6(4)3-8/h5-6H,1-3H2. The number of rotatable bonds is 2. The molecule has 0 radical (unpaired) electrons. The third-order valence-electron chi connectivity index (χ3n) is 1.66. The highest BCUT2D eigenvalue weighted by Gasteiger charge is 2.39. The fraction of sp³-hybridized carbons (Fsp3) is 0.667. The van der Waals surface area contributed by atoms with Crippen LogP contribution in [0.2, 0.25) is 0 Å². The quantitative estimate of drug-likeness (QED) is 0.514. The lowest BCUT2D eigenvalue weighted by Gasteiger charge is -1.81. The van der Waals surface area contributed by atoms with Gasteiger partial charge in [-0.1, -0.05) is 44.0 Å². The maximum absolute atomic E-state index is 3.91. The van der Waals surface area contributed by atoms with Crippen molar-refractivity contribution in [3.05, 3.63) is 12.2 Å². The van der Waals surface area contributed by atoms with Gasteiger partial charge in [-0.2, -0.15) is 0 Å². The van der Waals surface area contributed by atoms with Gasteiger partial charge < -0.3 is 0 Å². The molecule has 0 bridgehead atoms. The van der Waals surface area contributed by atoms with E-state index in [0.717, 1.165) is 22.5 Å². The molecule has 0 heterocycles. The smallest absolute Gasteiger partial charge is 0.0103 e. The molecule has 1 aliphatic rings. The van der Waals surface area contributed by atoms with E-state index in [2.05, 4.69) is 38.4 Å². The van der Waals surface area contributed by atoms with Crippen LogP contribution in [0.1, 0.15) is 0 Å². The molecule has 46 valence electrons. The van der Waals surface area contributed by atoms with E-state index in [1.54, 1.807) is 0 Å². The third-order valence-corrected chi connectivity index (χ3v) is 3.06. The summed E-state index contributed by atoms with van der Waals surface area (Å²) >= 11 is 6.83. The summed E-state index contributed by atoms with van der Waals surface area (Å²) in [7, 11) is 0. The summed E-state index contributed by atoms with van der Waals surface area (Å²) in [6, 6.07) is 0. The molecule has 1 saturated carbocycles. The van der Waals surface area contributed by atoms with Crippen LogP contribution in [0.15, 0.2) is 12.2 Å². The zero-order valence-corrected chi connectivity index (χ0v) is 7.70. The highest BCUT2D eigenvalue weighted by Crippen LogP contribution is 2.46. The van der Waals surface area contributed by atoms with E-state index in [1.807, 2.05) is 0 Å². The van der Waals surface area contributed by atoms with Crippen LogP contribution in [-0.2, 0) is 0 Å². The predicted molar refractivity (Wildman–Crippen MR) is 43.7 cm³/mol. The Labute approximate surface area is 66.6 Å². The molecule has 2 atom stereocenters. The van der Waals surface area contributed by atoms with Crippen molar-refractivity contribution in [2.45, 2.75) is 0 Å². The first-order chi connectivity index (χ1) is 3.81. The number of hydrogen-bond donors (Lipinski definition) is 0. The van der Waals surface area contributed by atoms with E-state index < -0.39 is 0 Å². The zero-order valence-electron chi connectivity index (χ0n) is 4.53. The van der Waals surface area contributed by atoms with Gasteiger partial charge in [0.15, 0.2) is 0 Å². The van der Waals surface area contributed by atoms with Gasteiger partial charge in [0.05, 0.1) is 0 Å². The first-order valence-corrected chi connectivity index (χ1v) is 4.86. The summed E-state index contributed by atoms with van der Waals surface area (Å²) in [4.78, 5) is 0. The van der Waals surface area contributed by atoms with Crippen molar-refractivity contribution < 1.29 is 0 Å². The van der Waals surface area contributed by atoms with Crippen molar-refractivity contribution in [3.63, 3.8) is 0 Å². The van der Waals surface area contributed by atoms with E-state index in [-0.39, 0.29) is 0 Å². The van der Waals surface area contributed by atoms with Crippen molar-refractivity contribution in [3.8, 4) is 0 Å². The third kappa shape index (κ3) is 1.01. The molecule has 0 nitrogen and oxygen atoms in total. The molecule has 0 aromatic heterocycles. The Morgan fingerprint density at radius 1 is 1.25 bits per heavy atom. The van der Waals surface area contributed by atoms with Crippen LogP contribution in [0.25, 0.3) is 0 Å². The molecule has 0 aromatic carbocycles. The van der Waals surface area contributed by atoms with Gasteiger partial charge >= 0.3 is 0 Å². The lowest BCUT2D eigenvalue weighted by atomic mass is 10.4. The summed E-state index contributed by atoms with van der Waals surface area (Å²) in [5, 5.41) is 2.17. The van der Waals surface area contributed by atoms with Gasteiger partial charge in [-0.3, -0.25) is 0 Å². The Balaban J connectivity index is 2.34. The number of halogens is 2. The van der Waals surface area contributed by atoms with Gasteiger partial charge in [-0.15, -0.1) is 0 Å². The molecule has 8 heavy (non-hydrogen) atoms. The maximum atomic E-state index is 3.91. The van der Waals surface area contributed by atoms with Crippen LogP contribution in [0, 0.1) is 11.8 Å². The Morgan fingerprint density at radius 3 is 1.75 bits per heavy atom. The summed E-state index contributed by atoms with van der Waals surface area (Å²) in [5.74, 6) is 1.52. The predicted octanol–water partition coefficient (Wildman–Crippen LogP) is 2.58. The summed E-state index contributed by atoms with van der Waals surface area (Å²) < 4.78 is 0. The van der Waals surface area contributed by atoms with Gasteiger partial charge in [0, 0.05) is 10.7 Å². The minimum atomic E-state index is 0.759. The summed E-state index contributed by atoms with van der Waals surface area (Å²) in [5.41, 5.74) is 1.40. The Bertz CT molecular complexity index is 97.1. The van der Waals surface area contributed by atoms with Crippen molar-refractivity contribution in [2.75, 3.05) is 10.7 Å². The number of alkyl halides is 2. The van der Waals surface area contributed by atoms with Crippen LogP contribution < -0.4 is 0 Å². The highest BCUT2D eigenvalue weighted by atomic mass is 79.9. The van der Waals surface area contributed by atoms with Crippen LogP contribution in [-0.4, -0.2) is 10.7 Å². The SMILES string of the molecule is C=C1C(CBr)C1CBr. The van der Waals surface area contributed by atoms with Crippen molar-refractivity contribution >= 4 is 31.9 Å². The van der Waals surface area contributed by atoms with Crippen molar-refractivity contribution in [1.82, 2.24) is 0 Å². The fourth-order valence-electron chi connectivity index (χ4n) is 0.858. The van der Waals surface area contributed by atoms with Gasteiger partial charge in [0.25, 0.3) is 0 Å². The zero-order chi connectivity index (χ0) is 6.15. The molecule has 0 aromatic rings. The number of hydrogen-bond acceptors (Lipinski definition) is 0. The molecule has 0 spiro atoms. The minimum Gasteiger partial charge on any atom is -0.0992 e. The van der Waals surface area contributed by atoms with E-state index in [1.165, 1.54) is 5.57 Å². The lowest BCUT2D eigenvalue weighted by molar-refractivity contribution is 0.866. The summed E-state index contributed by atoms with van der Waals surface area (Å²) in [6.07, 6.45) is 0. The second-order valence-electron chi connectivity index (χ2n) is 2.10. The Kier molecular flexibility index (Phi) is 2.15. The molecule has 0 amide bonds. The molecule has 2 unspecified atom stereocenters. The van der Waals surface area contributed by atoms with Gasteiger partial charge in [-0.05, 0) is 11.8 Å². The molecule has 0 N–H and O–H groups in total. The van der Waals surface area contributed by atoms with Gasteiger partial charge in [-0.25, -0.2) is 0 Å². The lowest BCUT2D eigenvalue weighted by Crippen LogP contribution is -1.81. The topological polar surface area (TPSA) is 0 Å². The highest BCUT2D eigenvalue weighted by molar-refractivity contribution is 9.09. The molecule has 0 aliphatic heterocycles. The second kappa shape index (κ2) is 2.53. The molecule has 0 saturated heterocycles. The van der Waals surface area contributed by atoms with E-state index >= 15 is 0 Å².